The predicted molar refractivity (Wildman–Crippen MR) is 144 cm³/mol. The number of nitrogens with zero attached hydrogens (tertiary/aromatic N) is 2. The van der Waals surface area contributed by atoms with Crippen LogP contribution in [-0.4, -0.2) is 51.9 Å². The smallest absolute Gasteiger partial charge is 0.264 e. The summed E-state index contributed by atoms with van der Waals surface area (Å²) in [7, 11) is -1.25. The number of carbonyl (C=O) groups excluding carboxylic acids is 2. The van der Waals surface area contributed by atoms with Crippen molar-refractivity contribution in [3.05, 3.63) is 89.7 Å². The van der Waals surface area contributed by atoms with Gasteiger partial charge in [0.2, 0.25) is 11.8 Å². The fourth-order valence-corrected chi connectivity index (χ4v) is 5.41. The number of amides is 2. The van der Waals surface area contributed by atoms with Crippen LogP contribution in [0.1, 0.15) is 24.5 Å². The standard InChI is InChI=1S/C28H32FN3O5S/c1-5-26(28(34)30-3)31(18-21-11-13-22(29)14-12-21)27(33)19-32(23-7-6-8-24(17-23)37-4)38(35,36)25-15-9-20(2)10-16-25/h6-17,26H,5,18-19H2,1-4H3,(H,30,34). The first-order valence-corrected chi connectivity index (χ1v) is 13.5. The first-order chi connectivity index (χ1) is 18.1. The number of nitrogens with one attached hydrogen (secondary N) is 1. The average Bonchev–Trinajstić information content (AvgIpc) is 2.92. The highest BCUT2D eigenvalue weighted by Crippen LogP contribution is 2.28. The molecule has 3 rings (SSSR count). The van der Waals surface area contributed by atoms with E-state index in [0.29, 0.717) is 11.3 Å². The average molecular weight is 542 g/mol. The van der Waals surface area contributed by atoms with E-state index in [-0.39, 0.29) is 23.5 Å². The number of methoxy groups -OCH3 is 1. The van der Waals surface area contributed by atoms with Crippen LogP contribution in [0, 0.1) is 12.7 Å². The monoisotopic (exact) mass is 541 g/mol. The van der Waals surface area contributed by atoms with Gasteiger partial charge in [-0.25, -0.2) is 12.8 Å². The van der Waals surface area contributed by atoms with Crippen molar-refractivity contribution in [1.82, 2.24) is 10.2 Å². The van der Waals surface area contributed by atoms with Gasteiger partial charge in [-0.15, -0.1) is 0 Å². The summed E-state index contributed by atoms with van der Waals surface area (Å²) in [5.74, 6) is -1.00. The van der Waals surface area contributed by atoms with Gasteiger partial charge < -0.3 is 15.0 Å². The van der Waals surface area contributed by atoms with E-state index in [1.165, 1.54) is 61.5 Å². The van der Waals surface area contributed by atoms with Gasteiger partial charge in [-0.2, -0.15) is 0 Å². The molecular weight excluding hydrogens is 509 g/mol. The molecule has 0 saturated heterocycles. The highest BCUT2D eigenvalue weighted by Gasteiger charge is 2.33. The van der Waals surface area contributed by atoms with Crippen molar-refractivity contribution < 1.29 is 27.1 Å². The SMILES string of the molecule is CCC(C(=O)NC)N(Cc1ccc(F)cc1)C(=O)CN(c1cccc(OC)c1)S(=O)(=O)c1ccc(C)cc1. The molecule has 1 atom stereocenters. The Kier molecular flexibility index (Phi) is 9.46. The summed E-state index contributed by atoms with van der Waals surface area (Å²) in [6, 6.07) is 17.4. The van der Waals surface area contributed by atoms with Gasteiger partial charge in [0.1, 0.15) is 24.2 Å². The van der Waals surface area contributed by atoms with Crippen molar-refractivity contribution in [3.63, 3.8) is 0 Å². The maximum absolute atomic E-state index is 13.8. The Hall–Kier alpha value is -3.92. The summed E-state index contributed by atoms with van der Waals surface area (Å²) >= 11 is 0. The molecule has 3 aromatic carbocycles. The lowest BCUT2D eigenvalue weighted by molar-refractivity contribution is -0.140. The summed E-state index contributed by atoms with van der Waals surface area (Å²) < 4.78 is 47.4. The fraction of sp³-hybridized carbons (Fsp3) is 0.286. The molecule has 3 aromatic rings. The Morgan fingerprint density at radius 3 is 2.26 bits per heavy atom. The van der Waals surface area contributed by atoms with Crippen molar-refractivity contribution in [2.24, 2.45) is 0 Å². The number of rotatable bonds is 11. The molecule has 0 aliphatic rings. The van der Waals surface area contributed by atoms with Gasteiger partial charge in [0.25, 0.3) is 10.0 Å². The lowest BCUT2D eigenvalue weighted by atomic mass is 10.1. The number of hydrogen-bond acceptors (Lipinski definition) is 5. The molecule has 0 bridgehead atoms. The molecule has 38 heavy (non-hydrogen) atoms. The number of hydrogen-bond donors (Lipinski definition) is 1. The van der Waals surface area contributed by atoms with Crippen molar-refractivity contribution in [2.45, 2.75) is 37.8 Å². The molecule has 1 N–H and O–H groups in total. The molecule has 0 spiro atoms. The second kappa shape index (κ2) is 12.6. The maximum Gasteiger partial charge on any atom is 0.264 e. The number of likely N-dealkylation sites (N-methyl/N-ethyl adjacent to an activating group) is 1. The van der Waals surface area contributed by atoms with Crippen molar-refractivity contribution in [2.75, 3.05) is 25.0 Å². The zero-order valence-corrected chi connectivity index (χ0v) is 22.7. The van der Waals surface area contributed by atoms with Crippen LogP contribution in [-0.2, 0) is 26.2 Å². The van der Waals surface area contributed by atoms with E-state index >= 15 is 0 Å². The van der Waals surface area contributed by atoms with E-state index < -0.39 is 40.2 Å². The van der Waals surface area contributed by atoms with Crippen molar-refractivity contribution in [3.8, 4) is 5.75 Å². The largest absolute Gasteiger partial charge is 0.497 e. The van der Waals surface area contributed by atoms with Gasteiger partial charge >= 0.3 is 0 Å². The first-order valence-electron chi connectivity index (χ1n) is 12.1. The molecule has 202 valence electrons. The number of ether oxygens (including phenoxy) is 1. The van der Waals surface area contributed by atoms with E-state index in [1.54, 1.807) is 37.3 Å². The third-order valence-electron chi connectivity index (χ3n) is 6.13. The Labute approximate surface area is 223 Å². The van der Waals surface area contributed by atoms with Crippen LogP contribution < -0.4 is 14.4 Å². The fourth-order valence-electron chi connectivity index (χ4n) is 4.00. The van der Waals surface area contributed by atoms with Gasteiger partial charge in [-0.3, -0.25) is 13.9 Å². The quantitative estimate of drug-likeness (QED) is 0.397. The number of anilines is 1. The molecule has 0 saturated carbocycles. The van der Waals surface area contributed by atoms with E-state index in [9.17, 15) is 22.4 Å². The Morgan fingerprint density at radius 2 is 1.68 bits per heavy atom. The first kappa shape index (κ1) is 28.6. The summed E-state index contributed by atoms with van der Waals surface area (Å²) in [5.41, 5.74) is 1.71. The van der Waals surface area contributed by atoms with Gasteiger partial charge in [0.15, 0.2) is 0 Å². The van der Waals surface area contributed by atoms with E-state index in [0.717, 1.165) is 9.87 Å². The number of halogens is 1. The van der Waals surface area contributed by atoms with Crippen LogP contribution in [0.3, 0.4) is 0 Å². The third kappa shape index (κ3) is 6.69. The highest BCUT2D eigenvalue weighted by atomic mass is 32.2. The van der Waals surface area contributed by atoms with Crippen LogP contribution >= 0.6 is 0 Å². The molecule has 0 aliphatic heterocycles. The lowest BCUT2D eigenvalue weighted by Crippen LogP contribution is -2.51. The number of sulfonamides is 1. The Balaban J connectivity index is 2.07. The minimum atomic E-state index is -4.18. The predicted octanol–water partition coefficient (Wildman–Crippen LogP) is 3.89. The topological polar surface area (TPSA) is 96.0 Å². The van der Waals surface area contributed by atoms with Crippen molar-refractivity contribution in [1.29, 1.82) is 0 Å². The molecule has 0 aromatic heterocycles. The number of carbonyl (C=O) groups is 2. The summed E-state index contributed by atoms with van der Waals surface area (Å²) in [5, 5.41) is 2.57. The zero-order valence-electron chi connectivity index (χ0n) is 21.8. The molecule has 8 nitrogen and oxygen atoms in total. The maximum atomic E-state index is 13.8. The second-order valence-electron chi connectivity index (χ2n) is 8.71. The molecule has 10 heteroatoms. The summed E-state index contributed by atoms with van der Waals surface area (Å²) in [4.78, 5) is 27.9. The van der Waals surface area contributed by atoms with Gasteiger partial charge in [0.05, 0.1) is 17.7 Å². The molecule has 0 radical (unpaired) electrons. The minimum Gasteiger partial charge on any atom is -0.497 e. The van der Waals surface area contributed by atoms with Crippen LogP contribution in [0.15, 0.2) is 77.7 Å². The minimum absolute atomic E-state index is 0.0123. The Morgan fingerprint density at radius 1 is 1.03 bits per heavy atom. The second-order valence-corrected chi connectivity index (χ2v) is 10.6. The lowest BCUT2D eigenvalue weighted by Gasteiger charge is -2.33. The third-order valence-corrected chi connectivity index (χ3v) is 7.92. The van der Waals surface area contributed by atoms with E-state index in [1.807, 2.05) is 6.92 Å². The molecular formula is C28H32FN3O5S. The van der Waals surface area contributed by atoms with Crippen molar-refractivity contribution >= 4 is 27.5 Å². The summed E-state index contributed by atoms with van der Waals surface area (Å²) in [6.07, 6.45) is 0.288. The molecule has 0 heterocycles. The highest BCUT2D eigenvalue weighted by molar-refractivity contribution is 7.92. The number of benzene rings is 3. The molecule has 1 unspecified atom stereocenters. The molecule has 2 amide bonds. The normalized spacial score (nSPS) is 11.9. The van der Waals surface area contributed by atoms with Crippen LogP contribution in [0.5, 0.6) is 5.75 Å². The van der Waals surface area contributed by atoms with Crippen LogP contribution in [0.25, 0.3) is 0 Å². The molecule has 0 fully saturated rings. The van der Waals surface area contributed by atoms with Crippen LogP contribution in [0.4, 0.5) is 10.1 Å². The zero-order chi connectivity index (χ0) is 27.9. The van der Waals surface area contributed by atoms with Crippen LogP contribution in [0.2, 0.25) is 0 Å². The summed E-state index contributed by atoms with van der Waals surface area (Å²) in [6.45, 7) is 3.02. The van der Waals surface area contributed by atoms with E-state index in [2.05, 4.69) is 5.32 Å². The van der Waals surface area contributed by atoms with Gasteiger partial charge in [-0.1, -0.05) is 42.8 Å². The Bertz CT molecular complexity index is 1360. The van der Waals surface area contributed by atoms with E-state index in [4.69, 9.17) is 4.74 Å². The number of aryl methyl sites for hydroxylation is 1. The van der Waals surface area contributed by atoms with Gasteiger partial charge in [0, 0.05) is 19.7 Å². The van der Waals surface area contributed by atoms with Gasteiger partial charge in [-0.05, 0) is 55.3 Å². The molecule has 0 aliphatic carbocycles.